The Morgan fingerprint density at radius 2 is 2.14 bits per heavy atom. The van der Waals surface area contributed by atoms with Crippen LogP contribution in [0, 0.1) is 0 Å². The molecule has 0 fully saturated rings. The third-order valence-corrected chi connectivity index (χ3v) is 3.90. The molecule has 0 atom stereocenters. The Hall–Kier alpha value is 0.599. The van der Waals surface area contributed by atoms with E-state index in [1.807, 2.05) is 4.94 Å². The van der Waals surface area contributed by atoms with Gasteiger partial charge < -0.3 is 0 Å². The zero-order chi connectivity index (χ0) is 5.70. The van der Waals surface area contributed by atoms with E-state index in [0.717, 1.165) is 4.44 Å². The molecule has 0 aliphatic carbocycles. The summed E-state index contributed by atoms with van der Waals surface area (Å²) in [6.07, 6.45) is 2.37. The van der Waals surface area contributed by atoms with Crippen LogP contribution in [0.15, 0.2) is 0 Å². The minimum atomic E-state index is -1.89. The molecular formula is C5H12OSn. The molecular weight excluding hydrogens is 195 g/mol. The van der Waals surface area contributed by atoms with Crippen LogP contribution < -0.4 is 0 Å². The van der Waals surface area contributed by atoms with Crippen molar-refractivity contribution < 1.29 is 3.08 Å². The summed E-state index contributed by atoms with van der Waals surface area (Å²) in [5.41, 5.74) is 0. The third-order valence-electron chi connectivity index (χ3n) is 0.882. The first-order chi connectivity index (χ1) is 3.27. The monoisotopic (exact) mass is 208 g/mol. The van der Waals surface area contributed by atoms with Crippen LogP contribution in [0.5, 0.6) is 0 Å². The predicted octanol–water partition coefficient (Wildman–Crippen LogP) is 1.84. The first-order valence-corrected chi connectivity index (χ1v) is 8.80. The van der Waals surface area contributed by atoms with Gasteiger partial charge in [-0.1, -0.05) is 0 Å². The van der Waals surface area contributed by atoms with E-state index in [0.29, 0.717) is 0 Å². The fourth-order valence-corrected chi connectivity index (χ4v) is 2.86. The van der Waals surface area contributed by atoms with Gasteiger partial charge in [0.25, 0.3) is 0 Å². The summed E-state index contributed by atoms with van der Waals surface area (Å²) in [5.74, 6) is 0. The zero-order valence-electron chi connectivity index (χ0n) is 5.03. The van der Waals surface area contributed by atoms with Crippen LogP contribution in [-0.2, 0) is 3.08 Å². The van der Waals surface area contributed by atoms with Crippen molar-refractivity contribution in [1.82, 2.24) is 0 Å². The molecule has 0 aromatic heterocycles. The molecule has 1 nitrogen and oxygen atoms in total. The number of unbranched alkanes of at least 4 members (excludes halogenated alkanes) is 1. The van der Waals surface area contributed by atoms with Gasteiger partial charge >= 0.3 is 52.0 Å². The van der Waals surface area contributed by atoms with Crippen molar-refractivity contribution in [2.45, 2.75) is 29.1 Å². The van der Waals surface area contributed by atoms with Gasteiger partial charge in [0.1, 0.15) is 0 Å². The molecule has 0 aromatic carbocycles. The average molecular weight is 207 g/mol. The zero-order valence-corrected chi connectivity index (χ0v) is 7.88. The van der Waals surface area contributed by atoms with Gasteiger partial charge in [0.2, 0.25) is 0 Å². The van der Waals surface area contributed by atoms with Gasteiger partial charge in [0.05, 0.1) is 0 Å². The van der Waals surface area contributed by atoms with Crippen LogP contribution in [0.1, 0.15) is 19.8 Å². The van der Waals surface area contributed by atoms with Crippen LogP contribution in [0.3, 0.4) is 0 Å². The van der Waals surface area contributed by atoms with E-state index >= 15 is 0 Å². The van der Waals surface area contributed by atoms with Gasteiger partial charge in [0.15, 0.2) is 0 Å². The normalized spacial score (nSPS) is 8.86. The Kier molecular flexibility index (Phi) is 5.16. The molecule has 0 amide bonds. The van der Waals surface area contributed by atoms with Crippen LogP contribution in [0.2, 0.25) is 9.38 Å². The van der Waals surface area contributed by atoms with E-state index in [4.69, 9.17) is 0 Å². The second kappa shape index (κ2) is 4.75. The Bertz CT molecular complexity index is 61.1. The third kappa shape index (κ3) is 6.60. The molecule has 0 saturated heterocycles. The van der Waals surface area contributed by atoms with Gasteiger partial charge in [0, 0.05) is 0 Å². The molecule has 0 bridgehead atoms. The van der Waals surface area contributed by atoms with Crippen molar-refractivity contribution >= 4 is 19.7 Å². The van der Waals surface area contributed by atoms with E-state index in [1.165, 1.54) is 12.8 Å². The SMILES string of the molecule is CCC[CH2][Sn]([CH3])=[O]. The van der Waals surface area contributed by atoms with E-state index in [2.05, 4.69) is 6.92 Å². The molecule has 0 saturated carbocycles. The molecule has 0 aromatic rings. The van der Waals surface area contributed by atoms with E-state index in [-0.39, 0.29) is 0 Å². The summed E-state index contributed by atoms with van der Waals surface area (Å²) in [6, 6.07) is 0. The van der Waals surface area contributed by atoms with Crippen molar-refractivity contribution in [3.05, 3.63) is 0 Å². The standard InChI is InChI=1S/C4H9.CH3.O.Sn/c1-3-4-2;;;/h1,3-4H2,2H3;1H3;;. The molecule has 0 unspecified atom stereocenters. The fraction of sp³-hybridized carbons (Fsp3) is 1.00. The van der Waals surface area contributed by atoms with Crippen LogP contribution in [-0.4, -0.2) is 19.7 Å². The first kappa shape index (κ1) is 7.60. The Labute approximate surface area is 52.2 Å². The molecule has 0 spiro atoms. The van der Waals surface area contributed by atoms with Crippen molar-refractivity contribution in [3.63, 3.8) is 0 Å². The van der Waals surface area contributed by atoms with Crippen LogP contribution >= 0.6 is 0 Å². The number of hydrogen-bond acceptors (Lipinski definition) is 1. The molecule has 0 rings (SSSR count). The maximum absolute atomic E-state index is 10.5. The molecule has 7 heavy (non-hydrogen) atoms. The first-order valence-electron chi connectivity index (χ1n) is 2.76. The second-order valence-corrected chi connectivity index (χ2v) is 7.24. The average Bonchev–Trinajstić information content (AvgIpc) is 1.61. The summed E-state index contributed by atoms with van der Waals surface area (Å²) in [7, 11) is 0. The van der Waals surface area contributed by atoms with E-state index in [9.17, 15) is 3.08 Å². The fourth-order valence-electron chi connectivity index (χ4n) is 0.426. The molecule has 2 heteroatoms. The molecule has 42 valence electrons. The van der Waals surface area contributed by atoms with E-state index < -0.39 is 19.7 Å². The Morgan fingerprint density at radius 1 is 1.57 bits per heavy atom. The summed E-state index contributed by atoms with van der Waals surface area (Å²) in [4.78, 5) is 1.91. The van der Waals surface area contributed by atoms with Crippen LogP contribution in [0.4, 0.5) is 0 Å². The molecule has 0 N–H and O–H groups in total. The summed E-state index contributed by atoms with van der Waals surface area (Å²) >= 11 is -1.89. The summed E-state index contributed by atoms with van der Waals surface area (Å²) in [6.45, 7) is 2.13. The maximum atomic E-state index is 10.5. The Balaban J connectivity index is 2.82. The van der Waals surface area contributed by atoms with E-state index in [1.54, 1.807) is 0 Å². The minimum absolute atomic E-state index is 1.04. The second-order valence-electron chi connectivity index (χ2n) is 1.81. The van der Waals surface area contributed by atoms with Crippen LogP contribution in [0.25, 0.3) is 0 Å². The van der Waals surface area contributed by atoms with Gasteiger partial charge in [-0.25, -0.2) is 0 Å². The van der Waals surface area contributed by atoms with Gasteiger partial charge in [-0.2, -0.15) is 0 Å². The van der Waals surface area contributed by atoms with Crippen molar-refractivity contribution in [1.29, 1.82) is 0 Å². The van der Waals surface area contributed by atoms with Gasteiger partial charge in [-0.15, -0.1) is 0 Å². The number of rotatable bonds is 3. The molecule has 0 aliphatic rings. The topological polar surface area (TPSA) is 17.1 Å². The molecule has 0 heterocycles. The van der Waals surface area contributed by atoms with Crippen molar-refractivity contribution in [2.24, 2.45) is 0 Å². The number of hydrogen-bond donors (Lipinski definition) is 0. The van der Waals surface area contributed by atoms with Crippen molar-refractivity contribution in [2.75, 3.05) is 0 Å². The predicted molar refractivity (Wildman–Crippen MR) is 32.0 cm³/mol. The quantitative estimate of drug-likeness (QED) is 0.645. The van der Waals surface area contributed by atoms with Gasteiger partial charge in [-0.05, 0) is 0 Å². The van der Waals surface area contributed by atoms with Crippen molar-refractivity contribution in [3.8, 4) is 0 Å². The molecule has 0 aliphatic heterocycles. The molecule has 0 radical (unpaired) electrons. The summed E-state index contributed by atoms with van der Waals surface area (Å²) < 4.78 is 11.5. The van der Waals surface area contributed by atoms with Gasteiger partial charge in [-0.3, -0.25) is 0 Å². The summed E-state index contributed by atoms with van der Waals surface area (Å²) in [5, 5.41) is 0. The Morgan fingerprint density at radius 3 is 2.29 bits per heavy atom.